The third-order valence-electron chi connectivity index (χ3n) is 3.83. The fraction of sp³-hybridized carbons (Fsp3) is 0.0526. The molecule has 0 aliphatic heterocycles. The van der Waals surface area contributed by atoms with Crippen LogP contribution in [0.25, 0.3) is 0 Å². The number of phenols is 1. The van der Waals surface area contributed by atoms with Crippen LogP contribution in [-0.4, -0.2) is 13.5 Å². The summed E-state index contributed by atoms with van der Waals surface area (Å²) in [6.07, 6.45) is -4.56. The molecule has 1 N–H and O–H groups in total. The third-order valence-corrected chi connectivity index (χ3v) is 6.20. The molecule has 0 radical (unpaired) electrons. The number of alkyl halides is 3. The summed E-state index contributed by atoms with van der Waals surface area (Å²) in [7, 11) is -4.02. The van der Waals surface area contributed by atoms with Gasteiger partial charge in [-0.05, 0) is 54.6 Å². The van der Waals surface area contributed by atoms with Gasteiger partial charge >= 0.3 is 6.18 Å². The van der Waals surface area contributed by atoms with Gasteiger partial charge < -0.3 is 9.84 Å². The molecule has 0 bridgehead atoms. The van der Waals surface area contributed by atoms with E-state index in [0.717, 1.165) is 24.3 Å². The van der Waals surface area contributed by atoms with Crippen LogP contribution in [-0.2, 0) is 16.0 Å². The van der Waals surface area contributed by atoms with Crippen molar-refractivity contribution in [2.45, 2.75) is 16.0 Å². The molecule has 3 aromatic rings. The van der Waals surface area contributed by atoms with Crippen LogP contribution >= 0.6 is 23.2 Å². The Kier molecular flexibility index (Phi) is 5.71. The molecule has 3 rings (SSSR count). The van der Waals surface area contributed by atoms with Crippen LogP contribution < -0.4 is 4.74 Å². The largest absolute Gasteiger partial charge is 0.506 e. The van der Waals surface area contributed by atoms with Gasteiger partial charge in [-0.1, -0.05) is 23.2 Å². The zero-order chi connectivity index (χ0) is 21.4. The van der Waals surface area contributed by atoms with Gasteiger partial charge in [-0.15, -0.1) is 0 Å². The first-order chi connectivity index (χ1) is 13.5. The van der Waals surface area contributed by atoms with Crippen molar-refractivity contribution < 1.29 is 31.4 Å². The molecule has 152 valence electrons. The van der Waals surface area contributed by atoms with Crippen molar-refractivity contribution in [1.82, 2.24) is 0 Å². The Morgan fingerprint density at radius 3 is 2.10 bits per heavy atom. The van der Waals surface area contributed by atoms with Crippen LogP contribution in [0.15, 0.2) is 70.5 Å². The van der Waals surface area contributed by atoms with Gasteiger partial charge in [0.2, 0.25) is 9.84 Å². The first-order valence-electron chi connectivity index (χ1n) is 7.87. The average Bonchev–Trinajstić information content (AvgIpc) is 2.63. The second-order valence-electron chi connectivity index (χ2n) is 5.83. The van der Waals surface area contributed by atoms with Crippen molar-refractivity contribution in [3.63, 3.8) is 0 Å². The van der Waals surface area contributed by atoms with E-state index in [2.05, 4.69) is 0 Å². The molecular formula is C19H11Cl2F3O4S. The lowest BCUT2D eigenvalue weighted by molar-refractivity contribution is -0.137. The van der Waals surface area contributed by atoms with Gasteiger partial charge in [-0.3, -0.25) is 0 Å². The number of aromatic hydroxyl groups is 1. The van der Waals surface area contributed by atoms with E-state index in [1.807, 2.05) is 0 Å². The summed E-state index contributed by atoms with van der Waals surface area (Å²) >= 11 is 11.6. The van der Waals surface area contributed by atoms with Crippen molar-refractivity contribution >= 4 is 33.0 Å². The molecule has 3 aromatic carbocycles. The Labute approximate surface area is 174 Å². The number of ether oxygens (including phenoxy) is 1. The first-order valence-corrected chi connectivity index (χ1v) is 10.1. The van der Waals surface area contributed by atoms with Crippen molar-refractivity contribution in [3.05, 3.63) is 76.3 Å². The normalized spacial score (nSPS) is 12.0. The highest BCUT2D eigenvalue weighted by atomic mass is 35.5. The van der Waals surface area contributed by atoms with Crippen LogP contribution in [0.4, 0.5) is 13.2 Å². The molecule has 0 fully saturated rings. The zero-order valence-corrected chi connectivity index (χ0v) is 16.6. The van der Waals surface area contributed by atoms with Gasteiger partial charge in [0.25, 0.3) is 0 Å². The smallest absolute Gasteiger partial charge is 0.416 e. The number of sulfone groups is 1. The number of hydrogen-bond donors (Lipinski definition) is 1. The molecule has 0 unspecified atom stereocenters. The van der Waals surface area contributed by atoms with Crippen molar-refractivity contribution in [1.29, 1.82) is 0 Å². The Morgan fingerprint density at radius 2 is 1.55 bits per heavy atom. The SMILES string of the molecule is O=S(=O)(c1ccc(Cl)cc1)c1ccc(Oc2ccc(C(F)(F)F)cc2Cl)cc1O. The molecule has 0 amide bonds. The number of halogens is 5. The number of hydrogen-bond acceptors (Lipinski definition) is 4. The molecule has 10 heteroatoms. The minimum absolute atomic E-state index is 0.0146. The molecule has 0 aliphatic carbocycles. The number of benzene rings is 3. The van der Waals surface area contributed by atoms with Crippen molar-refractivity contribution in [2.75, 3.05) is 0 Å². The molecule has 0 atom stereocenters. The topological polar surface area (TPSA) is 63.6 Å². The predicted molar refractivity (Wildman–Crippen MR) is 102 cm³/mol. The predicted octanol–water partition coefficient (Wildman–Crippen LogP) is 6.34. The fourth-order valence-electron chi connectivity index (χ4n) is 2.42. The maximum absolute atomic E-state index is 12.7. The molecule has 0 aromatic heterocycles. The van der Waals surface area contributed by atoms with Crippen molar-refractivity contribution in [3.8, 4) is 17.2 Å². The second-order valence-corrected chi connectivity index (χ2v) is 8.59. The quantitative estimate of drug-likeness (QED) is 0.490. The average molecular weight is 463 g/mol. The minimum atomic E-state index is -4.56. The van der Waals surface area contributed by atoms with Gasteiger partial charge in [0, 0.05) is 11.1 Å². The lowest BCUT2D eigenvalue weighted by atomic mass is 10.2. The van der Waals surface area contributed by atoms with Crippen LogP contribution in [0, 0.1) is 0 Å². The molecule has 29 heavy (non-hydrogen) atoms. The molecule has 4 nitrogen and oxygen atoms in total. The van der Waals surface area contributed by atoms with E-state index < -0.39 is 27.3 Å². The lowest BCUT2D eigenvalue weighted by Gasteiger charge is -2.12. The number of rotatable bonds is 4. The van der Waals surface area contributed by atoms with E-state index in [1.54, 1.807) is 0 Å². The third kappa shape index (κ3) is 4.60. The van der Waals surface area contributed by atoms with Crippen LogP contribution in [0.5, 0.6) is 17.2 Å². The van der Waals surface area contributed by atoms with Crippen LogP contribution in [0.2, 0.25) is 10.0 Å². The van der Waals surface area contributed by atoms with E-state index in [1.165, 1.54) is 30.3 Å². The maximum atomic E-state index is 12.7. The summed E-state index contributed by atoms with van der Waals surface area (Å²) in [5.41, 5.74) is -0.942. The van der Waals surface area contributed by atoms with E-state index >= 15 is 0 Å². The van der Waals surface area contributed by atoms with Gasteiger partial charge in [0.15, 0.2) is 0 Å². The Hall–Kier alpha value is -2.42. The van der Waals surface area contributed by atoms with E-state index in [-0.39, 0.29) is 26.3 Å². The Balaban J connectivity index is 1.89. The Bertz CT molecular complexity index is 1160. The summed E-state index contributed by atoms with van der Waals surface area (Å²) in [6, 6.07) is 11.3. The molecule has 0 aliphatic rings. The summed E-state index contributed by atoms with van der Waals surface area (Å²) < 4.78 is 68.8. The first kappa shape index (κ1) is 21.3. The van der Waals surface area contributed by atoms with E-state index in [9.17, 15) is 26.7 Å². The fourth-order valence-corrected chi connectivity index (χ4v) is 4.09. The van der Waals surface area contributed by atoms with Gasteiger partial charge in [0.1, 0.15) is 22.1 Å². The van der Waals surface area contributed by atoms with E-state index in [4.69, 9.17) is 27.9 Å². The van der Waals surface area contributed by atoms with Gasteiger partial charge in [-0.2, -0.15) is 13.2 Å². The summed E-state index contributed by atoms with van der Waals surface area (Å²) in [5, 5.41) is 10.2. The van der Waals surface area contributed by atoms with Crippen LogP contribution in [0.1, 0.15) is 5.56 Å². The number of phenolic OH excluding ortho intramolecular Hbond substituents is 1. The molecule has 0 saturated carbocycles. The second kappa shape index (κ2) is 7.78. The highest BCUT2D eigenvalue weighted by molar-refractivity contribution is 7.91. The minimum Gasteiger partial charge on any atom is -0.506 e. The summed E-state index contributed by atoms with van der Waals surface area (Å²) in [5.74, 6) is -0.702. The highest BCUT2D eigenvalue weighted by Crippen LogP contribution is 2.38. The van der Waals surface area contributed by atoms with Gasteiger partial charge in [-0.25, -0.2) is 8.42 Å². The molecule has 0 spiro atoms. The molecular weight excluding hydrogens is 452 g/mol. The summed E-state index contributed by atoms with van der Waals surface area (Å²) in [6.45, 7) is 0. The van der Waals surface area contributed by atoms with E-state index in [0.29, 0.717) is 11.1 Å². The highest BCUT2D eigenvalue weighted by Gasteiger charge is 2.31. The Morgan fingerprint density at radius 1 is 0.897 bits per heavy atom. The summed E-state index contributed by atoms with van der Waals surface area (Å²) in [4.78, 5) is -0.442. The maximum Gasteiger partial charge on any atom is 0.416 e. The van der Waals surface area contributed by atoms with Crippen LogP contribution in [0.3, 0.4) is 0 Å². The van der Waals surface area contributed by atoms with Gasteiger partial charge in [0.05, 0.1) is 15.5 Å². The monoisotopic (exact) mass is 462 g/mol. The van der Waals surface area contributed by atoms with Crippen molar-refractivity contribution in [2.24, 2.45) is 0 Å². The standard InChI is InChI=1S/C19H11Cl2F3O4S/c20-12-2-5-14(6-3-12)29(26,27)18-8-4-13(10-16(18)25)28-17-7-1-11(9-15(17)21)19(22,23)24/h1-10,25H. The lowest BCUT2D eigenvalue weighted by Crippen LogP contribution is -2.04. The molecule has 0 heterocycles. The molecule has 0 saturated heterocycles. The zero-order valence-electron chi connectivity index (χ0n) is 14.2.